The van der Waals surface area contributed by atoms with Crippen LogP contribution in [0.4, 0.5) is 0 Å². The second kappa shape index (κ2) is 4.06. The van der Waals surface area contributed by atoms with E-state index in [1.54, 1.807) is 0 Å². The van der Waals surface area contributed by atoms with E-state index < -0.39 is 0 Å². The Balaban J connectivity index is 2.96. The number of hydrogen-bond acceptors (Lipinski definition) is 1. The molecule has 0 aliphatic rings. The van der Waals surface area contributed by atoms with Crippen LogP contribution in [0.2, 0.25) is 0 Å². The molecule has 0 saturated heterocycles. The zero-order chi connectivity index (χ0) is 11.9. The number of pyridine rings is 1. The van der Waals surface area contributed by atoms with Crippen molar-refractivity contribution in [3.63, 3.8) is 0 Å². The van der Waals surface area contributed by atoms with Gasteiger partial charge in [-0.25, -0.2) is 0 Å². The lowest BCUT2D eigenvalue weighted by Crippen LogP contribution is -2.13. The Morgan fingerprint density at radius 2 is 2.00 bits per heavy atom. The van der Waals surface area contributed by atoms with Gasteiger partial charge in [0, 0.05) is 27.7 Å². The molecule has 16 heavy (non-hydrogen) atoms. The summed E-state index contributed by atoms with van der Waals surface area (Å²) >= 11 is 3.44. The van der Waals surface area contributed by atoms with Gasteiger partial charge in [0.05, 0.1) is 5.52 Å². The molecule has 2 rings (SSSR count). The summed E-state index contributed by atoms with van der Waals surface area (Å²) < 4.78 is 3.13. The van der Waals surface area contributed by atoms with Gasteiger partial charge < -0.3 is 4.57 Å². The molecule has 0 aliphatic carbocycles. The van der Waals surface area contributed by atoms with Crippen LogP contribution in [0.15, 0.2) is 33.7 Å². The summed E-state index contributed by atoms with van der Waals surface area (Å²) in [6.07, 6.45) is 1.93. The van der Waals surface area contributed by atoms with Crippen LogP contribution in [0.5, 0.6) is 0 Å². The number of rotatable bonds is 1. The van der Waals surface area contributed by atoms with Crippen LogP contribution < -0.4 is 5.43 Å². The molecule has 0 saturated carbocycles. The van der Waals surface area contributed by atoms with Gasteiger partial charge in [0.2, 0.25) is 0 Å². The first kappa shape index (κ1) is 11.4. The van der Waals surface area contributed by atoms with Gasteiger partial charge in [-0.3, -0.25) is 4.79 Å². The van der Waals surface area contributed by atoms with Crippen molar-refractivity contribution in [2.24, 2.45) is 0 Å². The van der Waals surface area contributed by atoms with Gasteiger partial charge in [-0.1, -0.05) is 15.9 Å². The Kier molecular flexibility index (Phi) is 2.89. The van der Waals surface area contributed by atoms with Crippen LogP contribution in [-0.4, -0.2) is 4.57 Å². The number of benzene rings is 1. The average molecular weight is 280 g/mol. The van der Waals surface area contributed by atoms with Crippen LogP contribution >= 0.6 is 15.9 Å². The Morgan fingerprint density at radius 1 is 1.31 bits per heavy atom. The van der Waals surface area contributed by atoms with E-state index in [-0.39, 0.29) is 5.43 Å². The smallest absolute Gasteiger partial charge is 0.192 e. The van der Waals surface area contributed by atoms with Crippen LogP contribution in [0.25, 0.3) is 10.9 Å². The second-order valence-corrected chi connectivity index (χ2v) is 5.22. The predicted molar refractivity (Wildman–Crippen MR) is 71.0 cm³/mol. The molecule has 2 nitrogen and oxygen atoms in total. The molecule has 3 heteroatoms. The molecule has 0 amide bonds. The molecule has 0 fully saturated rings. The molecular weight excluding hydrogens is 266 g/mol. The summed E-state index contributed by atoms with van der Waals surface area (Å²) in [6, 6.07) is 6.13. The first-order valence-corrected chi connectivity index (χ1v) is 6.11. The van der Waals surface area contributed by atoms with E-state index in [0.717, 1.165) is 20.9 Å². The van der Waals surface area contributed by atoms with Gasteiger partial charge in [0.15, 0.2) is 5.43 Å². The van der Waals surface area contributed by atoms with Crippen LogP contribution in [0.3, 0.4) is 0 Å². The fourth-order valence-corrected chi connectivity index (χ4v) is 2.24. The first-order chi connectivity index (χ1) is 7.50. The Hall–Kier alpha value is -1.09. The Bertz CT molecular complexity index is 599. The molecule has 0 unspecified atom stereocenters. The normalized spacial score (nSPS) is 11.3. The van der Waals surface area contributed by atoms with Crippen molar-refractivity contribution >= 4 is 26.8 Å². The second-order valence-electron chi connectivity index (χ2n) is 4.30. The molecular formula is C13H14BrNO. The van der Waals surface area contributed by atoms with Crippen molar-refractivity contribution < 1.29 is 0 Å². The minimum absolute atomic E-state index is 0.124. The van der Waals surface area contributed by atoms with Crippen molar-refractivity contribution in [2.45, 2.75) is 26.8 Å². The lowest BCUT2D eigenvalue weighted by Gasteiger charge is -2.15. The van der Waals surface area contributed by atoms with Crippen LogP contribution in [-0.2, 0) is 0 Å². The van der Waals surface area contributed by atoms with Crippen molar-refractivity contribution in [3.05, 3.63) is 44.7 Å². The number of fused-ring (bicyclic) bond motifs is 1. The van der Waals surface area contributed by atoms with E-state index in [4.69, 9.17) is 0 Å². The largest absolute Gasteiger partial charge is 0.344 e. The average Bonchev–Trinajstić information content (AvgIpc) is 2.22. The molecule has 84 valence electrons. The van der Waals surface area contributed by atoms with E-state index in [1.165, 1.54) is 0 Å². The summed E-state index contributed by atoms with van der Waals surface area (Å²) in [7, 11) is 0. The predicted octanol–water partition coefficient (Wildman–Crippen LogP) is 3.65. The molecule has 0 radical (unpaired) electrons. The maximum atomic E-state index is 12.0. The summed E-state index contributed by atoms with van der Waals surface area (Å²) in [5.74, 6) is 0. The SMILES string of the molecule is Cc1cn(C(C)C)c2cc(Br)ccc2c1=O. The van der Waals surface area contributed by atoms with Crippen molar-refractivity contribution in [3.8, 4) is 0 Å². The minimum atomic E-state index is 0.124. The van der Waals surface area contributed by atoms with Gasteiger partial charge in [0.25, 0.3) is 0 Å². The molecule has 0 bridgehead atoms. The molecule has 0 atom stereocenters. The lowest BCUT2D eigenvalue weighted by atomic mass is 10.1. The number of aromatic nitrogens is 1. The first-order valence-electron chi connectivity index (χ1n) is 5.31. The van der Waals surface area contributed by atoms with Gasteiger partial charge in [0.1, 0.15) is 0 Å². The molecule has 2 aromatic rings. The highest BCUT2D eigenvalue weighted by atomic mass is 79.9. The highest BCUT2D eigenvalue weighted by Gasteiger charge is 2.08. The van der Waals surface area contributed by atoms with Crippen molar-refractivity contribution in [1.82, 2.24) is 4.57 Å². The fourth-order valence-electron chi connectivity index (χ4n) is 1.89. The van der Waals surface area contributed by atoms with Gasteiger partial charge in [-0.2, -0.15) is 0 Å². The topological polar surface area (TPSA) is 22.0 Å². The van der Waals surface area contributed by atoms with Crippen LogP contribution in [0.1, 0.15) is 25.5 Å². The minimum Gasteiger partial charge on any atom is -0.344 e. The highest BCUT2D eigenvalue weighted by Crippen LogP contribution is 2.20. The monoisotopic (exact) mass is 279 g/mol. The Morgan fingerprint density at radius 3 is 2.62 bits per heavy atom. The molecule has 0 spiro atoms. The molecule has 1 heterocycles. The lowest BCUT2D eigenvalue weighted by molar-refractivity contribution is 0.615. The van der Waals surface area contributed by atoms with Crippen LogP contribution in [0, 0.1) is 6.92 Å². The zero-order valence-corrected chi connectivity index (χ0v) is 11.2. The maximum absolute atomic E-state index is 12.0. The number of aryl methyl sites for hydroxylation is 1. The molecule has 0 aliphatic heterocycles. The third kappa shape index (κ3) is 1.80. The third-order valence-corrected chi connectivity index (χ3v) is 3.22. The van der Waals surface area contributed by atoms with E-state index in [9.17, 15) is 4.79 Å². The van der Waals surface area contributed by atoms with E-state index >= 15 is 0 Å². The third-order valence-electron chi connectivity index (χ3n) is 2.73. The standard InChI is InChI=1S/C13H14BrNO/c1-8(2)15-7-9(3)13(16)11-5-4-10(14)6-12(11)15/h4-8H,1-3H3. The van der Waals surface area contributed by atoms with E-state index in [1.807, 2.05) is 31.3 Å². The number of halogens is 1. The number of hydrogen-bond donors (Lipinski definition) is 0. The van der Waals surface area contributed by atoms with E-state index in [2.05, 4.69) is 34.3 Å². The maximum Gasteiger partial charge on any atom is 0.192 e. The van der Waals surface area contributed by atoms with Crippen molar-refractivity contribution in [2.75, 3.05) is 0 Å². The van der Waals surface area contributed by atoms with Crippen molar-refractivity contribution in [1.29, 1.82) is 0 Å². The van der Waals surface area contributed by atoms with Gasteiger partial charge >= 0.3 is 0 Å². The Labute approximate surface area is 103 Å². The zero-order valence-electron chi connectivity index (χ0n) is 9.62. The number of nitrogens with zero attached hydrogens (tertiary/aromatic N) is 1. The molecule has 1 aromatic carbocycles. The summed E-state index contributed by atoms with van der Waals surface area (Å²) in [6.45, 7) is 6.09. The van der Waals surface area contributed by atoms with E-state index in [0.29, 0.717) is 6.04 Å². The fraction of sp³-hybridized carbons (Fsp3) is 0.308. The quantitative estimate of drug-likeness (QED) is 0.781. The summed E-state index contributed by atoms with van der Waals surface area (Å²) in [4.78, 5) is 12.0. The highest BCUT2D eigenvalue weighted by molar-refractivity contribution is 9.10. The molecule has 1 aromatic heterocycles. The molecule has 0 N–H and O–H groups in total. The summed E-state index contributed by atoms with van der Waals surface area (Å²) in [5, 5.41) is 0.789. The summed E-state index contributed by atoms with van der Waals surface area (Å²) in [5.41, 5.74) is 1.91. The van der Waals surface area contributed by atoms with Gasteiger partial charge in [-0.05, 0) is 39.0 Å². The van der Waals surface area contributed by atoms with Gasteiger partial charge in [-0.15, -0.1) is 0 Å².